The van der Waals surface area contributed by atoms with Gasteiger partial charge >= 0.3 is 0 Å². The molecule has 2 aromatic rings. The van der Waals surface area contributed by atoms with Gasteiger partial charge in [0.1, 0.15) is 10.7 Å². The summed E-state index contributed by atoms with van der Waals surface area (Å²) in [6.45, 7) is 1.24. The van der Waals surface area contributed by atoms with Gasteiger partial charge < -0.3 is 15.8 Å². The molecule has 1 fully saturated rings. The third-order valence-electron chi connectivity index (χ3n) is 3.41. The summed E-state index contributed by atoms with van der Waals surface area (Å²) in [5, 5.41) is 3.42. The van der Waals surface area contributed by atoms with Crippen molar-refractivity contribution in [3.8, 4) is 0 Å². The number of fused-ring (bicyclic) bond motifs is 1. The number of rotatable bonds is 3. The maximum atomic E-state index is 13.2. The van der Waals surface area contributed by atoms with E-state index in [1.54, 1.807) is 6.07 Å². The van der Waals surface area contributed by atoms with E-state index in [1.165, 1.54) is 23.5 Å². The van der Waals surface area contributed by atoms with E-state index in [2.05, 4.69) is 5.32 Å². The molecule has 1 aromatic carbocycles. The SMILES string of the molecule is Nc1c(C(=O)NCC2CCCO2)sc2ccc(F)cc12. The molecule has 106 valence electrons. The first kappa shape index (κ1) is 13.3. The molecule has 1 aromatic heterocycles. The molecule has 0 saturated carbocycles. The lowest BCUT2D eigenvalue weighted by Crippen LogP contribution is -2.31. The van der Waals surface area contributed by atoms with Gasteiger partial charge in [-0.1, -0.05) is 0 Å². The summed E-state index contributed by atoms with van der Waals surface area (Å²) in [6, 6.07) is 4.37. The quantitative estimate of drug-likeness (QED) is 0.914. The topological polar surface area (TPSA) is 64.4 Å². The highest BCUT2D eigenvalue weighted by Crippen LogP contribution is 2.33. The Labute approximate surface area is 119 Å². The van der Waals surface area contributed by atoms with Crippen molar-refractivity contribution in [3.63, 3.8) is 0 Å². The Balaban J connectivity index is 1.78. The van der Waals surface area contributed by atoms with Crippen LogP contribution in [0.3, 0.4) is 0 Å². The van der Waals surface area contributed by atoms with Gasteiger partial charge in [-0.25, -0.2) is 4.39 Å². The summed E-state index contributed by atoms with van der Waals surface area (Å²) >= 11 is 1.28. The van der Waals surface area contributed by atoms with E-state index in [0.717, 1.165) is 24.1 Å². The van der Waals surface area contributed by atoms with E-state index in [4.69, 9.17) is 10.5 Å². The molecule has 1 unspecified atom stereocenters. The van der Waals surface area contributed by atoms with E-state index in [9.17, 15) is 9.18 Å². The summed E-state index contributed by atoms with van der Waals surface area (Å²) < 4.78 is 19.5. The number of nitrogens with two attached hydrogens (primary N) is 1. The number of halogens is 1. The van der Waals surface area contributed by atoms with Crippen LogP contribution in [0.1, 0.15) is 22.5 Å². The first-order valence-corrected chi connectivity index (χ1v) is 7.34. The Kier molecular flexibility index (Phi) is 3.58. The fourth-order valence-electron chi connectivity index (χ4n) is 2.35. The standard InChI is InChI=1S/C14H15FN2O2S/c15-8-3-4-11-10(6-8)12(16)13(20-11)14(18)17-7-9-2-1-5-19-9/h3-4,6,9H,1-2,5,7,16H2,(H,17,18). The molecule has 1 aliphatic heterocycles. The third kappa shape index (κ3) is 2.48. The van der Waals surface area contributed by atoms with Crippen molar-refractivity contribution in [2.45, 2.75) is 18.9 Å². The summed E-state index contributed by atoms with van der Waals surface area (Å²) in [5.41, 5.74) is 6.29. The molecule has 1 amide bonds. The minimum Gasteiger partial charge on any atom is -0.397 e. The lowest BCUT2D eigenvalue weighted by molar-refractivity contribution is 0.0862. The van der Waals surface area contributed by atoms with Gasteiger partial charge in [-0.05, 0) is 31.0 Å². The van der Waals surface area contributed by atoms with Crippen LogP contribution in [0, 0.1) is 5.82 Å². The second-order valence-corrected chi connectivity index (χ2v) is 5.88. The fraction of sp³-hybridized carbons (Fsp3) is 0.357. The molecule has 1 atom stereocenters. The number of anilines is 1. The van der Waals surface area contributed by atoms with Crippen molar-refractivity contribution in [2.24, 2.45) is 0 Å². The van der Waals surface area contributed by atoms with Crippen molar-refractivity contribution in [1.82, 2.24) is 5.32 Å². The minimum absolute atomic E-state index is 0.0898. The Hall–Kier alpha value is -1.66. The lowest BCUT2D eigenvalue weighted by atomic mass is 10.2. The van der Waals surface area contributed by atoms with Gasteiger partial charge in [-0.3, -0.25) is 4.79 Å². The highest BCUT2D eigenvalue weighted by molar-refractivity contribution is 7.21. The predicted molar refractivity (Wildman–Crippen MR) is 77.5 cm³/mol. The molecule has 3 N–H and O–H groups in total. The zero-order valence-corrected chi connectivity index (χ0v) is 11.6. The average molecular weight is 294 g/mol. The number of nitrogens with one attached hydrogen (secondary N) is 1. The van der Waals surface area contributed by atoms with Crippen molar-refractivity contribution in [2.75, 3.05) is 18.9 Å². The van der Waals surface area contributed by atoms with Gasteiger partial charge in [0, 0.05) is 23.2 Å². The van der Waals surface area contributed by atoms with E-state index < -0.39 is 0 Å². The maximum Gasteiger partial charge on any atom is 0.263 e. The second kappa shape index (κ2) is 5.38. The van der Waals surface area contributed by atoms with Crippen molar-refractivity contribution < 1.29 is 13.9 Å². The number of thiophene rings is 1. The van der Waals surface area contributed by atoms with Crippen molar-refractivity contribution >= 4 is 33.0 Å². The number of hydrogen-bond donors (Lipinski definition) is 2. The van der Waals surface area contributed by atoms with Crippen LogP contribution >= 0.6 is 11.3 Å². The normalized spacial score (nSPS) is 18.6. The molecule has 20 heavy (non-hydrogen) atoms. The Morgan fingerprint density at radius 1 is 1.55 bits per heavy atom. The van der Waals surface area contributed by atoms with Gasteiger partial charge in [0.25, 0.3) is 5.91 Å². The molecule has 6 heteroatoms. The summed E-state index contributed by atoms with van der Waals surface area (Å²) in [4.78, 5) is 12.6. The molecule has 0 aliphatic carbocycles. The number of carbonyl (C=O) groups is 1. The molecule has 0 spiro atoms. The molecule has 4 nitrogen and oxygen atoms in total. The highest BCUT2D eigenvalue weighted by Gasteiger charge is 2.20. The molecule has 0 radical (unpaired) electrons. The van der Waals surface area contributed by atoms with E-state index in [1.807, 2.05) is 0 Å². The molecule has 1 aliphatic rings. The van der Waals surface area contributed by atoms with Crippen LogP contribution in [0.4, 0.5) is 10.1 Å². The number of nitrogen functional groups attached to an aromatic ring is 1. The third-order valence-corrected chi connectivity index (χ3v) is 4.59. The van der Waals surface area contributed by atoms with Crippen LogP contribution in [-0.4, -0.2) is 25.2 Å². The fourth-order valence-corrected chi connectivity index (χ4v) is 3.37. The first-order chi connectivity index (χ1) is 9.65. The minimum atomic E-state index is -0.353. The molecule has 1 saturated heterocycles. The number of ether oxygens (including phenoxy) is 1. The van der Waals surface area contributed by atoms with Gasteiger partial charge in [0.2, 0.25) is 0 Å². The molecular formula is C14H15FN2O2S. The van der Waals surface area contributed by atoms with Crippen LogP contribution in [0.2, 0.25) is 0 Å². The van der Waals surface area contributed by atoms with E-state index in [-0.39, 0.29) is 17.8 Å². The lowest BCUT2D eigenvalue weighted by Gasteiger charge is -2.10. The van der Waals surface area contributed by atoms with Crippen LogP contribution < -0.4 is 11.1 Å². The largest absolute Gasteiger partial charge is 0.397 e. The smallest absolute Gasteiger partial charge is 0.263 e. The summed E-state index contributed by atoms with van der Waals surface area (Å²) in [6.07, 6.45) is 2.09. The summed E-state index contributed by atoms with van der Waals surface area (Å²) in [7, 11) is 0. The van der Waals surface area contributed by atoms with E-state index >= 15 is 0 Å². The zero-order chi connectivity index (χ0) is 14.1. The Bertz CT molecular complexity index is 650. The maximum absolute atomic E-state index is 13.2. The number of hydrogen-bond acceptors (Lipinski definition) is 4. The molecule has 0 bridgehead atoms. The van der Waals surface area contributed by atoms with Gasteiger partial charge in [-0.2, -0.15) is 0 Å². The van der Waals surface area contributed by atoms with Crippen LogP contribution in [0.25, 0.3) is 10.1 Å². The molecule has 2 heterocycles. The molecule has 3 rings (SSSR count). The monoisotopic (exact) mass is 294 g/mol. The van der Waals surface area contributed by atoms with Crippen LogP contribution in [0.15, 0.2) is 18.2 Å². The zero-order valence-electron chi connectivity index (χ0n) is 10.8. The highest BCUT2D eigenvalue weighted by atomic mass is 32.1. The second-order valence-electron chi connectivity index (χ2n) is 4.83. The van der Waals surface area contributed by atoms with Crippen molar-refractivity contribution in [3.05, 3.63) is 28.9 Å². The predicted octanol–water partition coefficient (Wildman–Crippen LogP) is 2.53. The van der Waals surface area contributed by atoms with E-state index in [0.29, 0.717) is 22.5 Å². The first-order valence-electron chi connectivity index (χ1n) is 6.52. The van der Waals surface area contributed by atoms with Gasteiger partial charge in [0.05, 0.1) is 11.8 Å². The van der Waals surface area contributed by atoms with Gasteiger partial charge in [-0.15, -0.1) is 11.3 Å². The summed E-state index contributed by atoms with van der Waals surface area (Å²) in [5.74, 6) is -0.576. The van der Waals surface area contributed by atoms with Crippen LogP contribution in [-0.2, 0) is 4.74 Å². The van der Waals surface area contributed by atoms with Crippen LogP contribution in [0.5, 0.6) is 0 Å². The number of benzene rings is 1. The Morgan fingerprint density at radius 3 is 3.15 bits per heavy atom. The average Bonchev–Trinajstić information content (AvgIpc) is 3.05. The molecular weight excluding hydrogens is 279 g/mol. The number of carbonyl (C=O) groups excluding carboxylic acids is 1. The number of amides is 1. The Morgan fingerprint density at radius 2 is 2.40 bits per heavy atom. The van der Waals surface area contributed by atoms with Crippen molar-refractivity contribution in [1.29, 1.82) is 0 Å². The van der Waals surface area contributed by atoms with Gasteiger partial charge in [0.15, 0.2) is 0 Å².